The zero-order valence-corrected chi connectivity index (χ0v) is 41.4. The fourth-order valence-electron chi connectivity index (χ4n) is 7.15. The molecule has 6 aromatic rings. The summed E-state index contributed by atoms with van der Waals surface area (Å²) < 4.78 is 275. The average molecular weight is 1100 g/mol. The SMILES string of the molecule is COS(=O)(=O)c1cc(S(=O)(=O)c2ccc(Oc3c(C)cc(S(=O)(=O)c4cc(C)c(Oc5c(F)c(F)c(S(=O)(=O)c6c(F)c(F)c(C)c(F)c6F)c(F)c5F)c(C)c4)cc3C)c(CS(=O)(=O)O)c2)ccc1C. The minimum atomic E-state index is -6.44. The Bertz CT molecular complexity index is 3760. The van der Waals surface area contributed by atoms with Crippen LogP contribution in [0.1, 0.15) is 38.9 Å². The van der Waals surface area contributed by atoms with Crippen molar-refractivity contribution in [3.63, 3.8) is 0 Å². The molecule has 6 rings (SSSR count). The average Bonchev–Trinajstić information content (AvgIpc) is 3.27. The minimum absolute atomic E-state index is 0.0731. The first-order valence-corrected chi connectivity index (χ1v) is 27.1. The van der Waals surface area contributed by atoms with Crippen molar-refractivity contribution in [2.24, 2.45) is 0 Å². The van der Waals surface area contributed by atoms with Crippen LogP contribution in [0.4, 0.5) is 35.1 Å². The Kier molecular flexibility index (Phi) is 14.5. The minimum Gasteiger partial charge on any atom is -0.456 e. The number of aryl methyl sites for hydroxylation is 5. The highest BCUT2D eigenvalue weighted by Crippen LogP contribution is 2.43. The van der Waals surface area contributed by atoms with Crippen molar-refractivity contribution in [2.45, 2.75) is 81.6 Å². The van der Waals surface area contributed by atoms with Crippen LogP contribution in [0.2, 0.25) is 0 Å². The molecule has 6 aromatic carbocycles. The van der Waals surface area contributed by atoms with Crippen LogP contribution in [0, 0.1) is 88.1 Å². The van der Waals surface area contributed by atoms with Gasteiger partial charge in [-0.3, -0.25) is 8.74 Å². The molecule has 1 N–H and O–H groups in total. The zero-order chi connectivity index (χ0) is 53.4. The van der Waals surface area contributed by atoms with Crippen LogP contribution in [-0.2, 0) is 59.7 Å². The number of hydrogen-bond acceptors (Lipinski definition) is 13. The smallest absolute Gasteiger partial charge is 0.297 e. The van der Waals surface area contributed by atoms with Crippen LogP contribution in [0.15, 0.2) is 94.9 Å². The predicted molar refractivity (Wildman–Crippen MR) is 233 cm³/mol. The van der Waals surface area contributed by atoms with Crippen molar-refractivity contribution in [1.82, 2.24) is 0 Å². The van der Waals surface area contributed by atoms with Crippen LogP contribution >= 0.6 is 0 Å². The first kappa shape index (κ1) is 54.4. The predicted octanol–water partition coefficient (Wildman–Crippen LogP) is 9.46. The molecule has 0 aliphatic heterocycles. The second kappa shape index (κ2) is 18.9. The Morgan fingerprint density at radius 2 is 0.831 bits per heavy atom. The summed E-state index contributed by atoms with van der Waals surface area (Å²) in [5, 5.41) is 0. The van der Waals surface area contributed by atoms with Crippen LogP contribution in [0.5, 0.6) is 23.0 Å². The number of sulfone groups is 3. The largest absolute Gasteiger partial charge is 0.456 e. The molecule has 0 fully saturated rings. The van der Waals surface area contributed by atoms with Gasteiger partial charge in [-0.15, -0.1) is 0 Å². The maximum atomic E-state index is 15.5. The lowest BCUT2D eigenvalue weighted by Gasteiger charge is -2.18. The monoisotopic (exact) mass is 1100 g/mol. The Labute approximate surface area is 401 Å². The normalized spacial score (nSPS) is 12.6. The first-order valence-electron chi connectivity index (χ1n) is 19.6. The number of halogens is 8. The molecule has 0 atom stereocenters. The van der Waals surface area contributed by atoms with Crippen molar-refractivity contribution >= 4 is 49.7 Å². The van der Waals surface area contributed by atoms with Crippen LogP contribution in [0.3, 0.4) is 0 Å². The van der Waals surface area contributed by atoms with E-state index in [4.69, 9.17) is 9.47 Å². The highest BCUT2D eigenvalue weighted by Gasteiger charge is 2.41. The quantitative estimate of drug-likeness (QED) is 0.0465. The molecule has 0 spiro atoms. The van der Waals surface area contributed by atoms with Gasteiger partial charge in [-0.05, 0) is 124 Å². The summed E-state index contributed by atoms with van der Waals surface area (Å²) >= 11 is 0. The van der Waals surface area contributed by atoms with Crippen molar-refractivity contribution in [1.29, 1.82) is 0 Å². The molecule has 0 amide bonds. The van der Waals surface area contributed by atoms with E-state index in [2.05, 4.69) is 4.18 Å². The fourth-order valence-corrected chi connectivity index (χ4v) is 13.2. The molecule has 0 bridgehead atoms. The van der Waals surface area contributed by atoms with E-state index in [1.807, 2.05) is 0 Å². The standard InChI is InChI=1S/C44H34F8O14S5/c1-19-8-9-27(17-31(19)71(62,63)64-7)68(56,57)26-10-11-30(25(16-26)18-67(53,54)55)65-40-20(2)12-28(13-21(40)3)69(58,59)29-14-22(4)41(23(5)15-29)66-42-34(47)38(51)44(39(52)35(42)48)70(60,61)43-36(49)32(45)24(6)33(46)37(43)50/h8-17H,18H2,1-7H3,(H,53,54,55). The molecule has 0 saturated carbocycles. The molecular formula is C44H34F8O14S5. The number of benzene rings is 6. The highest BCUT2D eigenvalue weighted by molar-refractivity contribution is 7.92. The van der Waals surface area contributed by atoms with Gasteiger partial charge in [0.1, 0.15) is 32.8 Å². The molecule has 0 unspecified atom stereocenters. The third-order valence-corrected chi connectivity index (χ3v) is 18.1. The van der Waals surface area contributed by atoms with Gasteiger partial charge >= 0.3 is 0 Å². The van der Waals surface area contributed by atoms with Gasteiger partial charge < -0.3 is 9.47 Å². The molecule has 0 radical (unpaired) electrons. The van der Waals surface area contributed by atoms with Crippen molar-refractivity contribution < 1.29 is 95.4 Å². The maximum absolute atomic E-state index is 15.5. The fraction of sp³-hybridized carbons (Fsp3) is 0.182. The van der Waals surface area contributed by atoms with Crippen molar-refractivity contribution in [2.75, 3.05) is 7.11 Å². The lowest BCUT2D eigenvalue weighted by atomic mass is 10.1. The Balaban J connectivity index is 1.34. The molecular weight excluding hydrogens is 1060 g/mol. The number of hydrogen-bond donors (Lipinski definition) is 1. The van der Waals surface area contributed by atoms with Crippen molar-refractivity contribution in [3.8, 4) is 23.0 Å². The van der Waals surface area contributed by atoms with Gasteiger partial charge in [0.25, 0.3) is 20.2 Å². The van der Waals surface area contributed by atoms with E-state index >= 15 is 17.6 Å². The summed E-state index contributed by atoms with van der Waals surface area (Å²) in [6.07, 6.45) is 0. The molecule has 27 heteroatoms. The molecule has 0 aliphatic carbocycles. The van der Waals surface area contributed by atoms with Gasteiger partial charge in [0, 0.05) is 11.1 Å². The van der Waals surface area contributed by atoms with E-state index in [-0.39, 0.29) is 39.3 Å². The lowest BCUT2D eigenvalue weighted by molar-refractivity contribution is 0.348. The Morgan fingerprint density at radius 3 is 1.27 bits per heavy atom. The van der Waals surface area contributed by atoms with Gasteiger partial charge in [-0.1, -0.05) is 6.07 Å². The second-order valence-electron chi connectivity index (χ2n) is 15.7. The van der Waals surface area contributed by atoms with Crippen LogP contribution in [-0.4, -0.2) is 53.8 Å². The number of ether oxygens (including phenoxy) is 2. The van der Waals surface area contributed by atoms with E-state index in [1.54, 1.807) is 0 Å². The molecule has 0 heterocycles. The molecule has 0 aromatic heterocycles. The summed E-state index contributed by atoms with van der Waals surface area (Å²) in [6.45, 7) is 6.90. The summed E-state index contributed by atoms with van der Waals surface area (Å²) in [5.41, 5.74) is -1.97. The van der Waals surface area contributed by atoms with E-state index < -0.39 is 159 Å². The van der Waals surface area contributed by atoms with Gasteiger partial charge in [-0.25, -0.2) is 51.6 Å². The summed E-state index contributed by atoms with van der Waals surface area (Å²) in [6, 6.07) is 10.1. The Morgan fingerprint density at radius 1 is 0.437 bits per heavy atom. The Hall–Kier alpha value is -5.97. The number of rotatable bonds is 14. The zero-order valence-electron chi connectivity index (χ0n) is 37.3. The topological polar surface area (TPSA) is 219 Å². The third kappa shape index (κ3) is 9.87. The second-order valence-corrected chi connectivity index (χ2v) is 24.5. The first-order chi connectivity index (χ1) is 32.6. The van der Waals surface area contributed by atoms with Crippen LogP contribution in [0.25, 0.3) is 0 Å². The summed E-state index contributed by atoms with van der Waals surface area (Å²) in [5.74, 6) is -24.9. The van der Waals surface area contributed by atoms with Gasteiger partial charge in [0.2, 0.25) is 46.9 Å². The maximum Gasteiger partial charge on any atom is 0.297 e. The van der Waals surface area contributed by atoms with E-state index in [0.717, 1.165) is 75.6 Å². The van der Waals surface area contributed by atoms with Crippen LogP contribution < -0.4 is 9.47 Å². The summed E-state index contributed by atoms with van der Waals surface area (Å²) in [4.78, 5) is -7.69. The molecule has 380 valence electrons. The lowest BCUT2D eigenvalue weighted by Crippen LogP contribution is -2.17. The van der Waals surface area contributed by atoms with E-state index in [9.17, 15) is 64.2 Å². The highest BCUT2D eigenvalue weighted by atomic mass is 32.2. The van der Waals surface area contributed by atoms with Gasteiger partial charge in [0.05, 0.1) is 31.6 Å². The summed E-state index contributed by atoms with van der Waals surface area (Å²) in [7, 11) is -24.0. The molecule has 0 aliphatic rings. The third-order valence-electron chi connectivity index (χ3n) is 10.7. The molecule has 14 nitrogen and oxygen atoms in total. The van der Waals surface area contributed by atoms with Gasteiger partial charge in [-0.2, -0.15) is 25.6 Å². The van der Waals surface area contributed by atoms with E-state index in [1.165, 1.54) is 26.8 Å². The molecule has 0 saturated heterocycles. The van der Waals surface area contributed by atoms with E-state index in [0.29, 0.717) is 6.92 Å². The molecule has 71 heavy (non-hydrogen) atoms. The van der Waals surface area contributed by atoms with Crippen molar-refractivity contribution in [3.05, 3.63) is 146 Å². The van der Waals surface area contributed by atoms with Gasteiger partial charge in [0.15, 0.2) is 34.9 Å².